The molecular formula is C21H23ClN4OS. The monoisotopic (exact) mass is 414 g/mol. The molecule has 0 bridgehead atoms. The van der Waals surface area contributed by atoms with E-state index in [2.05, 4.69) is 27.6 Å². The predicted octanol–water partition coefficient (Wildman–Crippen LogP) is 5.11. The van der Waals surface area contributed by atoms with Crippen LogP contribution in [0.5, 0.6) is 0 Å². The number of nitrogens with one attached hydrogen (secondary N) is 1. The van der Waals surface area contributed by atoms with Gasteiger partial charge in [-0.1, -0.05) is 66.7 Å². The van der Waals surface area contributed by atoms with Crippen molar-refractivity contribution < 1.29 is 4.79 Å². The molecule has 3 aromatic rings. The van der Waals surface area contributed by atoms with Gasteiger partial charge >= 0.3 is 0 Å². The first kappa shape index (κ1) is 20.4. The van der Waals surface area contributed by atoms with Crippen LogP contribution in [0.25, 0.3) is 5.69 Å². The van der Waals surface area contributed by atoms with Crippen molar-refractivity contribution in [3.05, 3.63) is 70.5 Å². The number of thioether (sulfide) groups is 1. The molecule has 28 heavy (non-hydrogen) atoms. The molecule has 0 fully saturated rings. The Hall–Kier alpha value is -2.31. The zero-order valence-corrected chi connectivity index (χ0v) is 17.7. The van der Waals surface area contributed by atoms with Crippen LogP contribution in [0.1, 0.15) is 43.3 Å². The van der Waals surface area contributed by atoms with Crippen LogP contribution in [-0.2, 0) is 10.5 Å². The van der Waals surface area contributed by atoms with Crippen LogP contribution in [0.4, 0.5) is 0 Å². The number of hydrogen-bond acceptors (Lipinski definition) is 4. The van der Waals surface area contributed by atoms with Gasteiger partial charge in [0.2, 0.25) is 5.91 Å². The lowest BCUT2D eigenvalue weighted by Crippen LogP contribution is -2.28. The molecule has 1 heterocycles. The highest BCUT2D eigenvalue weighted by Gasteiger charge is 2.22. The first-order chi connectivity index (χ1) is 13.5. The summed E-state index contributed by atoms with van der Waals surface area (Å²) in [5.41, 5.74) is 3.18. The van der Waals surface area contributed by atoms with Gasteiger partial charge in [-0.3, -0.25) is 9.36 Å². The Morgan fingerprint density at radius 3 is 2.68 bits per heavy atom. The minimum Gasteiger partial charge on any atom is -0.346 e. The summed E-state index contributed by atoms with van der Waals surface area (Å²) in [7, 11) is 0. The molecule has 0 aliphatic carbocycles. The Balaban J connectivity index is 1.99. The average molecular weight is 415 g/mol. The fourth-order valence-electron chi connectivity index (χ4n) is 2.84. The normalized spacial score (nSPS) is 12.0. The summed E-state index contributed by atoms with van der Waals surface area (Å²) in [4.78, 5) is 11.9. The number of hydrogen-bond donors (Lipinski definition) is 1. The molecule has 0 aliphatic rings. The fourth-order valence-corrected chi connectivity index (χ4v) is 3.91. The maximum atomic E-state index is 11.9. The molecule has 0 spiro atoms. The summed E-state index contributed by atoms with van der Waals surface area (Å²) in [5.74, 6) is 1.43. The van der Waals surface area contributed by atoms with E-state index in [0.29, 0.717) is 17.3 Å². The largest absolute Gasteiger partial charge is 0.346 e. The highest BCUT2D eigenvalue weighted by molar-refractivity contribution is 7.98. The molecule has 0 aliphatic heterocycles. The standard InChI is InChI=1S/C21H23ClN4OS/c1-4-19(27)23-15(3)20-24-25-21(28-13-16-8-6-5-7-9-16)26(20)18-12-17(22)11-10-14(18)2/h5-12,15H,4,13H2,1-3H3,(H,23,27). The first-order valence-electron chi connectivity index (χ1n) is 9.17. The minimum atomic E-state index is -0.274. The van der Waals surface area contributed by atoms with E-state index in [1.165, 1.54) is 5.56 Å². The smallest absolute Gasteiger partial charge is 0.220 e. The maximum Gasteiger partial charge on any atom is 0.220 e. The summed E-state index contributed by atoms with van der Waals surface area (Å²) in [6, 6.07) is 15.7. The molecule has 1 amide bonds. The number of rotatable bonds is 7. The number of nitrogens with zero attached hydrogens (tertiary/aromatic N) is 3. The number of aryl methyl sites for hydroxylation is 1. The summed E-state index contributed by atoms with van der Waals surface area (Å²) in [6.07, 6.45) is 0.421. The average Bonchev–Trinajstić information content (AvgIpc) is 3.12. The van der Waals surface area contributed by atoms with Crippen molar-refractivity contribution in [1.29, 1.82) is 0 Å². The molecule has 7 heteroatoms. The minimum absolute atomic E-state index is 0.0247. The molecule has 5 nitrogen and oxygen atoms in total. The molecule has 146 valence electrons. The summed E-state index contributed by atoms with van der Waals surface area (Å²) >= 11 is 7.87. The second kappa shape index (κ2) is 9.26. The van der Waals surface area contributed by atoms with Gasteiger partial charge < -0.3 is 5.32 Å². The van der Waals surface area contributed by atoms with Crippen LogP contribution in [0, 0.1) is 6.92 Å². The van der Waals surface area contributed by atoms with Crippen LogP contribution >= 0.6 is 23.4 Å². The zero-order valence-electron chi connectivity index (χ0n) is 16.1. The third kappa shape index (κ3) is 4.75. The fraction of sp³-hybridized carbons (Fsp3) is 0.286. The Labute approximate surface area is 174 Å². The van der Waals surface area contributed by atoms with Crippen LogP contribution < -0.4 is 5.32 Å². The quantitative estimate of drug-likeness (QED) is 0.546. The van der Waals surface area contributed by atoms with Gasteiger partial charge in [-0.2, -0.15) is 0 Å². The van der Waals surface area contributed by atoms with E-state index < -0.39 is 0 Å². The molecule has 1 aromatic heterocycles. The lowest BCUT2D eigenvalue weighted by molar-refractivity contribution is -0.121. The number of aromatic nitrogens is 3. The van der Waals surface area contributed by atoms with Gasteiger partial charge in [0.15, 0.2) is 11.0 Å². The highest BCUT2D eigenvalue weighted by atomic mass is 35.5. The molecule has 0 radical (unpaired) electrons. The zero-order chi connectivity index (χ0) is 20.1. The van der Waals surface area contributed by atoms with Crippen molar-refractivity contribution in [3.8, 4) is 5.69 Å². The number of carbonyl (C=O) groups excluding carboxylic acids is 1. The van der Waals surface area contributed by atoms with Gasteiger partial charge in [-0.25, -0.2) is 0 Å². The second-order valence-electron chi connectivity index (χ2n) is 6.52. The number of carbonyl (C=O) groups is 1. The SMILES string of the molecule is CCC(=O)NC(C)c1nnc(SCc2ccccc2)n1-c1cc(Cl)ccc1C. The third-order valence-corrected chi connectivity index (χ3v) is 5.60. The maximum absolute atomic E-state index is 11.9. The highest BCUT2D eigenvalue weighted by Crippen LogP contribution is 2.30. The molecule has 0 saturated heterocycles. The number of halogens is 1. The van der Waals surface area contributed by atoms with Crippen molar-refractivity contribution in [3.63, 3.8) is 0 Å². The molecule has 0 saturated carbocycles. The van der Waals surface area contributed by atoms with E-state index in [0.717, 1.165) is 22.2 Å². The third-order valence-electron chi connectivity index (χ3n) is 4.37. The van der Waals surface area contributed by atoms with Gasteiger partial charge in [0.25, 0.3) is 0 Å². The van der Waals surface area contributed by atoms with Crippen LogP contribution in [0.15, 0.2) is 53.7 Å². The van der Waals surface area contributed by atoms with E-state index in [4.69, 9.17) is 11.6 Å². The number of benzene rings is 2. The van der Waals surface area contributed by atoms with Gasteiger partial charge in [0, 0.05) is 17.2 Å². The van der Waals surface area contributed by atoms with Crippen LogP contribution in [-0.4, -0.2) is 20.7 Å². The Morgan fingerprint density at radius 1 is 1.21 bits per heavy atom. The van der Waals surface area contributed by atoms with E-state index in [1.54, 1.807) is 11.8 Å². The molecule has 1 N–H and O–H groups in total. The van der Waals surface area contributed by atoms with Gasteiger partial charge in [-0.05, 0) is 37.1 Å². The Kier molecular flexibility index (Phi) is 6.75. The lowest BCUT2D eigenvalue weighted by Gasteiger charge is -2.17. The Morgan fingerprint density at radius 2 is 1.96 bits per heavy atom. The predicted molar refractivity (Wildman–Crippen MR) is 114 cm³/mol. The molecule has 1 unspecified atom stereocenters. The van der Waals surface area contributed by atoms with E-state index in [1.807, 2.05) is 61.7 Å². The molecule has 2 aromatic carbocycles. The van der Waals surface area contributed by atoms with E-state index >= 15 is 0 Å². The van der Waals surface area contributed by atoms with Crippen LogP contribution in [0.2, 0.25) is 5.02 Å². The van der Waals surface area contributed by atoms with Crippen LogP contribution in [0.3, 0.4) is 0 Å². The molecule has 3 rings (SSSR count). The van der Waals surface area contributed by atoms with Crippen molar-refractivity contribution in [1.82, 2.24) is 20.1 Å². The summed E-state index contributed by atoms with van der Waals surface area (Å²) in [6.45, 7) is 5.77. The summed E-state index contributed by atoms with van der Waals surface area (Å²) < 4.78 is 2.00. The topological polar surface area (TPSA) is 59.8 Å². The van der Waals surface area contributed by atoms with Gasteiger partial charge in [-0.15, -0.1) is 10.2 Å². The Bertz CT molecular complexity index is 958. The van der Waals surface area contributed by atoms with Crippen molar-refractivity contribution in [2.24, 2.45) is 0 Å². The van der Waals surface area contributed by atoms with Crippen molar-refractivity contribution in [2.45, 2.75) is 44.1 Å². The van der Waals surface area contributed by atoms with Crippen molar-refractivity contribution >= 4 is 29.3 Å². The number of amides is 1. The van der Waals surface area contributed by atoms with Crippen molar-refractivity contribution in [2.75, 3.05) is 0 Å². The molecule has 1 atom stereocenters. The molecular weight excluding hydrogens is 392 g/mol. The second-order valence-corrected chi connectivity index (χ2v) is 7.90. The van der Waals surface area contributed by atoms with E-state index in [9.17, 15) is 4.79 Å². The summed E-state index contributed by atoms with van der Waals surface area (Å²) in [5, 5.41) is 13.2. The van der Waals surface area contributed by atoms with Gasteiger partial charge in [0.1, 0.15) is 0 Å². The van der Waals surface area contributed by atoms with E-state index in [-0.39, 0.29) is 11.9 Å². The first-order valence-corrected chi connectivity index (χ1v) is 10.5. The lowest BCUT2D eigenvalue weighted by atomic mass is 10.2. The van der Waals surface area contributed by atoms with Gasteiger partial charge in [0.05, 0.1) is 11.7 Å².